The Morgan fingerprint density at radius 3 is 1.49 bits per heavy atom. The molecule has 0 radical (unpaired) electrons. The summed E-state index contributed by atoms with van der Waals surface area (Å²) >= 11 is 0. The number of methoxy groups -OCH3 is 1. The van der Waals surface area contributed by atoms with Crippen LogP contribution in [-0.2, 0) is 55.8 Å². The van der Waals surface area contributed by atoms with E-state index in [1.54, 1.807) is 123 Å². The van der Waals surface area contributed by atoms with Crippen LogP contribution in [0.1, 0.15) is 125 Å². The number of carbonyl (C=O) groups excluding carboxylic acids is 8. The van der Waals surface area contributed by atoms with Gasteiger partial charge < -0.3 is 55.7 Å². The minimum Gasteiger partial charge on any atom is -0.467 e. The first-order valence-electron chi connectivity index (χ1n) is 24.8. The Hall–Kier alpha value is -6.61. The van der Waals surface area contributed by atoms with Crippen molar-refractivity contribution < 1.29 is 70.5 Å². The molecule has 0 bridgehead atoms. The van der Waals surface area contributed by atoms with Gasteiger partial charge in [0.05, 0.1) is 7.11 Å². The Morgan fingerprint density at radius 2 is 1.00 bits per heavy atom. The second kappa shape index (κ2) is 27.6. The number of alkyl halides is 3. The maximum Gasteiger partial charge on any atom is 0.408 e. The number of piperidine rings is 1. The van der Waals surface area contributed by atoms with Crippen LogP contribution < -0.4 is 31.9 Å². The van der Waals surface area contributed by atoms with E-state index in [9.17, 15) is 51.5 Å². The quantitative estimate of drug-likeness (QED) is 0.0432. The molecule has 0 spiro atoms. The number of esters is 1. The predicted octanol–water partition coefficient (Wildman–Crippen LogP) is 6.31. The third-order valence-electron chi connectivity index (χ3n) is 11.2. The zero-order valence-electron chi connectivity index (χ0n) is 44.3. The predicted molar refractivity (Wildman–Crippen MR) is 267 cm³/mol. The highest BCUT2D eigenvalue weighted by atomic mass is 19.4. The van der Waals surface area contributed by atoms with E-state index in [-0.39, 0.29) is 58.2 Å². The number of nitrogens with one attached hydrogen (secondary N) is 6. The van der Waals surface area contributed by atoms with E-state index >= 15 is 0 Å². The molecular formula is C52H76F3N7O12. The number of hydrogen-bond acceptors (Lipinski definition) is 12. The summed E-state index contributed by atoms with van der Waals surface area (Å²) in [6.07, 6.45) is -9.49. The Kier molecular flexibility index (Phi) is 23.0. The molecule has 22 heteroatoms. The Bertz CT molecular complexity index is 2190. The SMILES string of the molecule is COC(=O)C1(NC(=O)OC(C)(C)C)CCN(C(=O)C(CCCCNC(=O)OC(C)(C)C)NC(=O)C(CCCC(F)(F)F)NC(=O)C(Cc2ccccc2)NC(=O)C(Cc2ccccc2)NC(=O)OC(C)(C)C)CC1. The number of amides is 7. The van der Waals surface area contributed by atoms with Gasteiger partial charge in [-0.3, -0.25) is 19.2 Å². The highest BCUT2D eigenvalue weighted by molar-refractivity contribution is 5.96. The van der Waals surface area contributed by atoms with Crippen LogP contribution in [0.2, 0.25) is 0 Å². The summed E-state index contributed by atoms with van der Waals surface area (Å²) in [6, 6.07) is 11.5. The van der Waals surface area contributed by atoms with Crippen molar-refractivity contribution in [2.24, 2.45) is 0 Å². The smallest absolute Gasteiger partial charge is 0.408 e. The Balaban J connectivity index is 1.97. The second-order valence-corrected chi connectivity index (χ2v) is 21.2. The highest BCUT2D eigenvalue weighted by Gasteiger charge is 2.46. The first kappa shape index (κ1) is 61.7. The van der Waals surface area contributed by atoms with Gasteiger partial charge in [-0.25, -0.2) is 19.2 Å². The van der Waals surface area contributed by atoms with Gasteiger partial charge in [-0.05, 0) is 118 Å². The monoisotopic (exact) mass is 1050 g/mol. The topological polar surface area (TPSA) is 249 Å². The lowest BCUT2D eigenvalue weighted by Gasteiger charge is -2.41. The molecule has 74 heavy (non-hydrogen) atoms. The normalized spacial score (nSPS) is 15.4. The maximum absolute atomic E-state index is 14.5. The number of rotatable bonds is 22. The molecular weight excluding hydrogens is 972 g/mol. The molecule has 1 saturated heterocycles. The van der Waals surface area contributed by atoms with E-state index in [2.05, 4.69) is 31.9 Å². The number of likely N-dealkylation sites (tertiary alicyclic amines) is 1. The van der Waals surface area contributed by atoms with Gasteiger partial charge >= 0.3 is 30.4 Å². The van der Waals surface area contributed by atoms with Crippen LogP contribution in [0.5, 0.6) is 0 Å². The number of ether oxygens (including phenoxy) is 4. The largest absolute Gasteiger partial charge is 0.467 e. The van der Waals surface area contributed by atoms with Crippen molar-refractivity contribution in [2.45, 2.75) is 179 Å². The molecule has 4 unspecified atom stereocenters. The fourth-order valence-electron chi connectivity index (χ4n) is 7.80. The fourth-order valence-corrected chi connectivity index (χ4v) is 7.80. The van der Waals surface area contributed by atoms with Crippen molar-refractivity contribution in [3.63, 3.8) is 0 Å². The molecule has 0 saturated carbocycles. The average molecular weight is 1050 g/mol. The molecule has 6 N–H and O–H groups in total. The van der Waals surface area contributed by atoms with Crippen molar-refractivity contribution in [1.29, 1.82) is 0 Å². The van der Waals surface area contributed by atoms with E-state index in [1.807, 2.05) is 0 Å². The zero-order chi connectivity index (χ0) is 55.5. The Labute approximate surface area is 431 Å². The summed E-state index contributed by atoms with van der Waals surface area (Å²) < 4.78 is 61.9. The first-order chi connectivity index (χ1) is 34.4. The molecule has 0 aliphatic carbocycles. The lowest BCUT2D eigenvalue weighted by Crippen LogP contribution is -2.63. The molecule has 1 heterocycles. The summed E-state index contributed by atoms with van der Waals surface area (Å²) in [5.41, 5.74) is -2.95. The number of halogens is 3. The number of carbonyl (C=O) groups is 8. The molecule has 1 aliphatic rings. The van der Waals surface area contributed by atoms with Crippen molar-refractivity contribution in [3.05, 3.63) is 71.8 Å². The molecule has 4 atom stereocenters. The van der Waals surface area contributed by atoms with Gasteiger partial charge in [0.15, 0.2) is 0 Å². The number of alkyl carbamates (subject to hydrolysis) is 3. The molecule has 1 fully saturated rings. The van der Waals surface area contributed by atoms with Gasteiger partial charge in [0.25, 0.3) is 0 Å². The van der Waals surface area contributed by atoms with Crippen molar-refractivity contribution >= 4 is 47.9 Å². The second-order valence-electron chi connectivity index (χ2n) is 21.2. The molecule has 2 aromatic rings. The van der Waals surface area contributed by atoms with Gasteiger partial charge in [0.1, 0.15) is 46.5 Å². The van der Waals surface area contributed by atoms with E-state index in [0.29, 0.717) is 17.5 Å². The molecule has 19 nitrogen and oxygen atoms in total. The van der Waals surface area contributed by atoms with Crippen LogP contribution in [0.15, 0.2) is 60.7 Å². The summed E-state index contributed by atoms with van der Waals surface area (Å²) in [5.74, 6) is -4.17. The third kappa shape index (κ3) is 23.1. The highest BCUT2D eigenvalue weighted by Crippen LogP contribution is 2.27. The summed E-state index contributed by atoms with van der Waals surface area (Å²) in [6.45, 7) is 14.8. The number of benzene rings is 2. The first-order valence-corrected chi connectivity index (χ1v) is 24.8. The van der Waals surface area contributed by atoms with Crippen LogP contribution in [0, 0.1) is 0 Å². The Morgan fingerprint density at radius 1 is 0.568 bits per heavy atom. The van der Waals surface area contributed by atoms with Gasteiger partial charge in [-0.2, -0.15) is 13.2 Å². The van der Waals surface area contributed by atoms with Crippen LogP contribution in [0.3, 0.4) is 0 Å². The zero-order valence-corrected chi connectivity index (χ0v) is 44.3. The maximum atomic E-state index is 14.5. The van der Waals surface area contributed by atoms with E-state index in [4.69, 9.17) is 18.9 Å². The summed E-state index contributed by atoms with van der Waals surface area (Å²) in [4.78, 5) is 110. The van der Waals surface area contributed by atoms with Gasteiger partial charge in [0, 0.05) is 38.9 Å². The summed E-state index contributed by atoms with van der Waals surface area (Å²) in [7, 11) is 1.15. The number of hydrogen-bond donors (Lipinski definition) is 6. The number of unbranched alkanes of at least 4 members (excludes halogenated alkanes) is 1. The molecule has 0 aromatic heterocycles. The van der Waals surface area contributed by atoms with Gasteiger partial charge in [-0.15, -0.1) is 0 Å². The van der Waals surface area contributed by atoms with Crippen molar-refractivity contribution in [3.8, 4) is 0 Å². The fraction of sp³-hybridized carbons (Fsp3) is 0.615. The lowest BCUT2D eigenvalue weighted by atomic mass is 9.87. The van der Waals surface area contributed by atoms with Crippen LogP contribution in [0.4, 0.5) is 27.6 Å². The van der Waals surface area contributed by atoms with Crippen LogP contribution in [-0.4, -0.2) is 132 Å². The van der Waals surface area contributed by atoms with Crippen LogP contribution >= 0.6 is 0 Å². The molecule has 2 aromatic carbocycles. The van der Waals surface area contributed by atoms with Crippen LogP contribution in [0.25, 0.3) is 0 Å². The molecule has 3 rings (SSSR count). The number of nitrogens with zero attached hydrogens (tertiary/aromatic N) is 1. The standard InChI is InChI=1S/C52H76F3N7O12/c1-48(2,3)72-45(68)56-29-18-17-24-37(43(66)62-30-27-51(28-31-62,44(67)71-10)61-47(70)74-50(7,8)9)58-40(63)36(25-19-26-52(53,54)55)57-41(64)38(32-34-20-13-11-14-21-34)59-42(65)39(33-35-22-15-12-16-23-35)60-46(69)73-49(4,5)6/h11-16,20-23,36-39H,17-19,24-33H2,1-10H3,(H,56,68)(H,57,64)(H,58,63)(H,59,65)(H,60,69)(H,61,70). The van der Waals surface area contributed by atoms with E-state index in [1.165, 1.54) is 4.90 Å². The molecule has 1 aliphatic heterocycles. The van der Waals surface area contributed by atoms with E-state index in [0.717, 1.165) is 7.11 Å². The minimum absolute atomic E-state index is 0.0263. The summed E-state index contributed by atoms with van der Waals surface area (Å²) in [5, 5.41) is 15.7. The third-order valence-corrected chi connectivity index (χ3v) is 11.2. The van der Waals surface area contributed by atoms with Crippen molar-refractivity contribution in [2.75, 3.05) is 26.7 Å². The minimum atomic E-state index is -4.62. The van der Waals surface area contributed by atoms with Gasteiger partial charge in [0.2, 0.25) is 23.6 Å². The van der Waals surface area contributed by atoms with Crippen molar-refractivity contribution in [1.82, 2.24) is 36.8 Å². The average Bonchev–Trinajstić information content (AvgIpc) is 3.28. The van der Waals surface area contributed by atoms with E-state index < -0.39 is 120 Å². The molecule has 412 valence electrons. The lowest BCUT2D eigenvalue weighted by molar-refractivity contribution is -0.153. The van der Waals surface area contributed by atoms with Gasteiger partial charge in [-0.1, -0.05) is 60.7 Å². The molecule has 7 amide bonds.